The van der Waals surface area contributed by atoms with Gasteiger partial charge in [0.1, 0.15) is 5.25 Å². The molecule has 0 bridgehead atoms. The van der Waals surface area contributed by atoms with Crippen LogP contribution >= 0.6 is 23.5 Å². The van der Waals surface area contributed by atoms with E-state index in [0.717, 1.165) is 33.8 Å². The van der Waals surface area contributed by atoms with Crippen molar-refractivity contribution in [3.05, 3.63) is 45.4 Å². The van der Waals surface area contributed by atoms with Gasteiger partial charge < -0.3 is 4.74 Å². The van der Waals surface area contributed by atoms with Crippen LogP contribution in [0.4, 0.5) is 0 Å². The van der Waals surface area contributed by atoms with E-state index in [1.807, 2.05) is 32.9 Å². The summed E-state index contributed by atoms with van der Waals surface area (Å²) in [5.41, 5.74) is 3.74. The van der Waals surface area contributed by atoms with Gasteiger partial charge in [-0.15, -0.1) is 11.8 Å². The maximum atomic E-state index is 13.4. The predicted molar refractivity (Wildman–Crippen MR) is 115 cm³/mol. The Morgan fingerprint density at radius 1 is 1.32 bits per heavy atom. The van der Waals surface area contributed by atoms with E-state index < -0.39 is 5.25 Å². The van der Waals surface area contributed by atoms with Crippen molar-refractivity contribution >= 4 is 29.5 Å². The minimum Gasteiger partial charge on any atom is -0.465 e. The second kappa shape index (κ2) is 8.74. The van der Waals surface area contributed by atoms with Gasteiger partial charge in [0, 0.05) is 11.7 Å². The summed E-state index contributed by atoms with van der Waals surface area (Å²) in [6, 6.07) is 6.05. The first kappa shape index (κ1) is 21.0. The molecule has 3 rings (SSSR count). The van der Waals surface area contributed by atoms with Crippen molar-refractivity contribution in [3.63, 3.8) is 0 Å². The molecule has 28 heavy (non-hydrogen) atoms. The molecule has 2 heterocycles. The lowest BCUT2D eigenvalue weighted by molar-refractivity contribution is -0.142. The summed E-state index contributed by atoms with van der Waals surface area (Å²) in [5, 5.41) is 0.493. The zero-order chi connectivity index (χ0) is 20.4. The molecule has 1 aliphatic rings. The average Bonchev–Trinajstić information content (AvgIpc) is 2.99. The molecule has 5 nitrogen and oxygen atoms in total. The van der Waals surface area contributed by atoms with E-state index in [1.54, 1.807) is 23.3 Å². The number of carbonyl (C=O) groups is 1. The van der Waals surface area contributed by atoms with Crippen LogP contribution in [0.2, 0.25) is 0 Å². The lowest BCUT2D eigenvalue weighted by Gasteiger charge is -2.18. The largest absolute Gasteiger partial charge is 0.465 e. The molecule has 1 aromatic heterocycles. The fraction of sp³-hybridized carbons (Fsp3) is 0.476. The zero-order valence-corrected chi connectivity index (χ0v) is 18.6. The minimum atomic E-state index is -0.395. The molecule has 0 radical (unpaired) electrons. The normalized spacial score (nSPS) is 16.7. The van der Waals surface area contributed by atoms with Crippen molar-refractivity contribution < 1.29 is 9.53 Å². The minimum absolute atomic E-state index is 0.0504. The van der Waals surface area contributed by atoms with Gasteiger partial charge in [-0.25, -0.2) is 4.98 Å². The van der Waals surface area contributed by atoms with Crippen molar-refractivity contribution in [2.75, 3.05) is 6.61 Å². The van der Waals surface area contributed by atoms with Crippen LogP contribution in [-0.2, 0) is 16.0 Å². The molecule has 0 amide bonds. The number of hydrogen-bond acceptors (Lipinski definition) is 6. The SMILES string of the molecule is CCOC(=O)[C@@H](CC)Sc1nc2c(c(=O)n1-c1cc(C)cc(C)c1)S[C@@H](C)C2. The standard InChI is InChI=1S/C21H26N2O3S2/c1-6-17(20(25)26-7-2)28-21-22-16-11-14(5)27-18(16)19(24)23(21)15-9-12(3)8-13(4)10-15/h8-10,14,17H,6-7,11H2,1-5H3/t14-,17+/m0/s1. The van der Waals surface area contributed by atoms with E-state index in [2.05, 4.69) is 13.0 Å². The van der Waals surface area contributed by atoms with E-state index in [9.17, 15) is 9.59 Å². The number of hydrogen-bond donors (Lipinski definition) is 0. The Bertz CT molecular complexity index is 935. The second-order valence-corrected chi connectivity index (χ2v) is 9.67. The second-order valence-electron chi connectivity index (χ2n) is 7.06. The van der Waals surface area contributed by atoms with Gasteiger partial charge in [0.05, 0.1) is 22.9 Å². The van der Waals surface area contributed by atoms with E-state index >= 15 is 0 Å². The zero-order valence-electron chi connectivity index (χ0n) is 16.9. The van der Waals surface area contributed by atoms with Gasteiger partial charge in [0.25, 0.3) is 5.56 Å². The Morgan fingerprint density at radius 2 is 2.00 bits per heavy atom. The van der Waals surface area contributed by atoms with Gasteiger partial charge in [-0.3, -0.25) is 14.2 Å². The average molecular weight is 419 g/mol. The van der Waals surface area contributed by atoms with Crippen LogP contribution in [0, 0.1) is 13.8 Å². The van der Waals surface area contributed by atoms with Crippen LogP contribution in [0.25, 0.3) is 5.69 Å². The highest BCUT2D eigenvalue weighted by atomic mass is 32.2. The molecule has 1 aromatic carbocycles. The van der Waals surface area contributed by atoms with Crippen molar-refractivity contribution in [1.82, 2.24) is 9.55 Å². The summed E-state index contributed by atoms with van der Waals surface area (Å²) >= 11 is 2.91. The number of thioether (sulfide) groups is 2. The first-order chi connectivity index (χ1) is 13.3. The van der Waals surface area contributed by atoms with Gasteiger partial charge in [-0.2, -0.15) is 0 Å². The smallest absolute Gasteiger partial charge is 0.319 e. The number of nitrogens with zero attached hydrogens (tertiary/aromatic N) is 2. The number of benzene rings is 1. The van der Waals surface area contributed by atoms with E-state index in [4.69, 9.17) is 9.72 Å². The van der Waals surface area contributed by atoms with E-state index in [0.29, 0.717) is 23.4 Å². The van der Waals surface area contributed by atoms with Crippen LogP contribution in [0.5, 0.6) is 0 Å². The lowest BCUT2D eigenvalue weighted by atomic mass is 10.1. The first-order valence-electron chi connectivity index (χ1n) is 9.58. The number of esters is 1. The van der Waals surface area contributed by atoms with Crippen molar-refractivity contribution in [2.24, 2.45) is 0 Å². The Morgan fingerprint density at radius 3 is 2.61 bits per heavy atom. The molecule has 0 fully saturated rings. The number of aryl methyl sites for hydroxylation is 2. The van der Waals surface area contributed by atoms with Gasteiger partial charge in [-0.05, 0) is 50.5 Å². The van der Waals surface area contributed by atoms with Crippen LogP contribution in [0.3, 0.4) is 0 Å². The lowest BCUT2D eigenvalue weighted by Crippen LogP contribution is -2.26. The first-order valence-corrected chi connectivity index (χ1v) is 11.3. The molecule has 2 atom stereocenters. The molecule has 7 heteroatoms. The fourth-order valence-electron chi connectivity index (χ4n) is 3.35. The molecule has 0 spiro atoms. The maximum absolute atomic E-state index is 13.4. The van der Waals surface area contributed by atoms with Gasteiger partial charge in [-0.1, -0.05) is 31.7 Å². The molecular formula is C21H26N2O3S2. The number of rotatable bonds is 6. The topological polar surface area (TPSA) is 61.2 Å². The Balaban J connectivity index is 2.15. The van der Waals surface area contributed by atoms with Crippen LogP contribution < -0.4 is 5.56 Å². The summed E-state index contributed by atoms with van der Waals surface area (Å²) in [6.07, 6.45) is 1.38. The third-order valence-corrected chi connectivity index (χ3v) is 7.02. The highest BCUT2D eigenvalue weighted by Crippen LogP contribution is 2.36. The Hall–Kier alpha value is -1.73. The monoisotopic (exact) mass is 418 g/mol. The van der Waals surface area contributed by atoms with Gasteiger partial charge in [0.2, 0.25) is 0 Å². The van der Waals surface area contributed by atoms with Gasteiger partial charge >= 0.3 is 5.97 Å². The van der Waals surface area contributed by atoms with E-state index in [-0.39, 0.29) is 11.5 Å². The molecular weight excluding hydrogens is 392 g/mol. The number of aromatic nitrogens is 2. The Kier molecular flexibility index (Phi) is 6.55. The summed E-state index contributed by atoms with van der Waals surface area (Å²) in [4.78, 5) is 31.3. The molecule has 0 aliphatic carbocycles. The van der Waals surface area contributed by atoms with Crippen LogP contribution in [0.15, 0.2) is 33.0 Å². The number of ether oxygens (including phenoxy) is 1. The predicted octanol–water partition coefficient (Wildman–Crippen LogP) is 4.32. The summed E-state index contributed by atoms with van der Waals surface area (Å²) in [7, 11) is 0. The molecule has 0 saturated heterocycles. The summed E-state index contributed by atoms with van der Waals surface area (Å²) < 4.78 is 6.87. The third kappa shape index (κ3) is 4.30. The van der Waals surface area contributed by atoms with Gasteiger partial charge in [0.15, 0.2) is 5.16 Å². The highest BCUT2D eigenvalue weighted by Gasteiger charge is 2.29. The highest BCUT2D eigenvalue weighted by molar-refractivity contribution is 8.00. The molecule has 2 aromatic rings. The van der Waals surface area contributed by atoms with Crippen molar-refractivity contribution in [1.29, 1.82) is 0 Å². The molecule has 0 N–H and O–H groups in total. The van der Waals surface area contributed by atoms with Crippen molar-refractivity contribution in [2.45, 2.75) is 68.0 Å². The molecule has 1 aliphatic heterocycles. The Labute approximate surface area is 174 Å². The van der Waals surface area contributed by atoms with E-state index in [1.165, 1.54) is 11.8 Å². The van der Waals surface area contributed by atoms with Crippen molar-refractivity contribution in [3.8, 4) is 5.69 Å². The molecule has 0 unspecified atom stereocenters. The van der Waals surface area contributed by atoms with Crippen LogP contribution in [0.1, 0.15) is 44.0 Å². The molecule has 150 valence electrons. The van der Waals surface area contributed by atoms with Crippen LogP contribution in [-0.4, -0.2) is 32.6 Å². The number of carbonyl (C=O) groups excluding carboxylic acids is 1. The third-order valence-electron chi connectivity index (χ3n) is 4.51. The summed E-state index contributed by atoms with van der Waals surface area (Å²) in [6.45, 7) is 10.2. The quantitative estimate of drug-likeness (QED) is 0.396. The maximum Gasteiger partial charge on any atom is 0.319 e. The molecule has 0 saturated carbocycles. The number of fused-ring (bicyclic) bond motifs is 1. The fourth-order valence-corrected chi connectivity index (χ4v) is 5.49. The summed E-state index contributed by atoms with van der Waals surface area (Å²) in [5.74, 6) is -0.264.